The van der Waals surface area contributed by atoms with Crippen LogP contribution in [-0.2, 0) is 4.74 Å². The second-order valence-corrected chi connectivity index (χ2v) is 4.92. The van der Waals surface area contributed by atoms with Crippen molar-refractivity contribution in [3.8, 4) is 0 Å². The molecule has 1 heterocycles. The zero-order chi connectivity index (χ0) is 10.6. The van der Waals surface area contributed by atoms with E-state index in [0.29, 0.717) is 6.04 Å². The van der Waals surface area contributed by atoms with Crippen LogP contribution in [-0.4, -0.2) is 50.3 Å². The van der Waals surface area contributed by atoms with E-state index in [1.807, 2.05) is 0 Å². The first-order chi connectivity index (χ1) is 6.53. The SMILES string of the molecule is COC(C)(C)CCNC1CCN(C)C1. The van der Waals surface area contributed by atoms with Crippen molar-refractivity contribution in [1.29, 1.82) is 0 Å². The van der Waals surface area contributed by atoms with Crippen LogP contribution in [0.2, 0.25) is 0 Å². The van der Waals surface area contributed by atoms with E-state index >= 15 is 0 Å². The van der Waals surface area contributed by atoms with Gasteiger partial charge in [-0.3, -0.25) is 0 Å². The molecule has 0 bridgehead atoms. The van der Waals surface area contributed by atoms with E-state index in [4.69, 9.17) is 4.74 Å². The number of likely N-dealkylation sites (N-methyl/N-ethyl adjacent to an activating group) is 1. The molecule has 0 radical (unpaired) electrons. The molecule has 0 saturated carbocycles. The van der Waals surface area contributed by atoms with Gasteiger partial charge in [0.1, 0.15) is 0 Å². The van der Waals surface area contributed by atoms with Crippen molar-refractivity contribution in [3.05, 3.63) is 0 Å². The number of nitrogens with one attached hydrogen (secondary N) is 1. The highest BCUT2D eigenvalue weighted by Gasteiger charge is 2.20. The number of rotatable bonds is 5. The van der Waals surface area contributed by atoms with Crippen LogP contribution in [0, 0.1) is 0 Å². The molecule has 0 spiro atoms. The Kier molecular flexibility index (Phi) is 4.35. The normalized spacial score (nSPS) is 24.4. The Labute approximate surface area is 87.8 Å². The summed E-state index contributed by atoms with van der Waals surface area (Å²) in [5.41, 5.74) is 0.0114. The Balaban J connectivity index is 2.10. The van der Waals surface area contributed by atoms with Gasteiger partial charge in [0, 0.05) is 19.7 Å². The maximum atomic E-state index is 5.37. The molecule has 0 aromatic rings. The minimum absolute atomic E-state index is 0.0114. The molecule has 1 aliphatic heterocycles. The van der Waals surface area contributed by atoms with E-state index < -0.39 is 0 Å². The molecule has 1 N–H and O–H groups in total. The third kappa shape index (κ3) is 3.95. The molecule has 1 fully saturated rings. The van der Waals surface area contributed by atoms with Crippen LogP contribution < -0.4 is 5.32 Å². The van der Waals surface area contributed by atoms with E-state index in [-0.39, 0.29) is 5.60 Å². The number of hydrogen-bond donors (Lipinski definition) is 1. The van der Waals surface area contributed by atoms with E-state index in [1.54, 1.807) is 7.11 Å². The second kappa shape index (κ2) is 5.10. The largest absolute Gasteiger partial charge is 0.379 e. The number of methoxy groups -OCH3 is 1. The Bertz CT molecular complexity index is 171. The number of likely N-dealkylation sites (tertiary alicyclic amines) is 1. The van der Waals surface area contributed by atoms with Crippen molar-refractivity contribution in [1.82, 2.24) is 10.2 Å². The van der Waals surface area contributed by atoms with Gasteiger partial charge in [-0.25, -0.2) is 0 Å². The molecule has 1 aliphatic rings. The van der Waals surface area contributed by atoms with Gasteiger partial charge in [-0.15, -0.1) is 0 Å². The van der Waals surface area contributed by atoms with Crippen LogP contribution in [0.3, 0.4) is 0 Å². The molecule has 3 heteroatoms. The van der Waals surface area contributed by atoms with E-state index in [9.17, 15) is 0 Å². The highest BCUT2D eigenvalue weighted by Crippen LogP contribution is 2.12. The van der Waals surface area contributed by atoms with E-state index in [2.05, 4.69) is 31.1 Å². The maximum absolute atomic E-state index is 5.37. The van der Waals surface area contributed by atoms with E-state index in [0.717, 1.165) is 13.0 Å². The Morgan fingerprint density at radius 3 is 2.71 bits per heavy atom. The van der Waals surface area contributed by atoms with Crippen LogP contribution in [0.15, 0.2) is 0 Å². The lowest BCUT2D eigenvalue weighted by Crippen LogP contribution is -2.36. The molecular weight excluding hydrogens is 176 g/mol. The average molecular weight is 200 g/mol. The summed E-state index contributed by atoms with van der Waals surface area (Å²) in [4.78, 5) is 2.37. The van der Waals surface area contributed by atoms with Crippen molar-refractivity contribution in [3.63, 3.8) is 0 Å². The predicted molar refractivity (Wildman–Crippen MR) is 59.6 cm³/mol. The monoisotopic (exact) mass is 200 g/mol. The van der Waals surface area contributed by atoms with Crippen LogP contribution in [0.4, 0.5) is 0 Å². The first-order valence-electron chi connectivity index (χ1n) is 5.50. The fraction of sp³-hybridized carbons (Fsp3) is 1.00. The van der Waals surface area contributed by atoms with E-state index in [1.165, 1.54) is 19.5 Å². The van der Waals surface area contributed by atoms with Crippen molar-refractivity contribution >= 4 is 0 Å². The summed E-state index contributed by atoms with van der Waals surface area (Å²) in [6.07, 6.45) is 2.35. The molecule has 84 valence electrons. The lowest BCUT2D eigenvalue weighted by atomic mass is 10.1. The zero-order valence-corrected chi connectivity index (χ0v) is 9.97. The molecule has 14 heavy (non-hydrogen) atoms. The topological polar surface area (TPSA) is 24.5 Å². The molecule has 0 amide bonds. The fourth-order valence-electron chi connectivity index (χ4n) is 1.78. The van der Waals surface area contributed by atoms with Crippen molar-refractivity contribution in [2.24, 2.45) is 0 Å². The summed E-state index contributed by atoms with van der Waals surface area (Å²) in [6.45, 7) is 7.74. The second-order valence-electron chi connectivity index (χ2n) is 4.92. The maximum Gasteiger partial charge on any atom is 0.0634 e. The predicted octanol–water partition coefficient (Wildman–Crippen LogP) is 1.10. The smallest absolute Gasteiger partial charge is 0.0634 e. The van der Waals surface area contributed by atoms with Crippen LogP contribution >= 0.6 is 0 Å². The molecule has 1 atom stereocenters. The van der Waals surface area contributed by atoms with Crippen LogP contribution in [0.25, 0.3) is 0 Å². The molecule has 0 aromatic heterocycles. The van der Waals surface area contributed by atoms with Crippen molar-refractivity contribution < 1.29 is 4.74 Å². The van der Waals surface area contributed by atoms with Gasteiger partial charge in [0.15, 0.2) is 0 Å². The first kappa shape index (κ1) is 12.0. The highest BCUT2D eigenvalue weighted by atomic mass is 16.5. The first-order valence-corrected chi connectivity index (χ1v) is 5.50. The zero-order valence-electron chi connectivity index (χ0n) is 9.97. The van der Waals surface area contributed by atoms with Gasteiger partial charge in [-0.1, -0.05) is 0 Å². The molecule has 1 unspecified atom stereocenters. The fourth-order valence-corrected chi connectivity index (χ4v) is 1.78. The van der Waals surface area contributed by atoms with Gasteiger partial charge < -0.3 is 15.0 Å². The third-order valence-corrected chi connectivity index (χ3v) is 3.10. The van der Waals surface area contributed by atoms with Gasteiger partial charge in [-0.2, -0.15) is 0 Å². The van der Waals surface area contributed by atoms with Crippen molar-refractivity contribution in [2.75, 3.05) is 33.8 Å². The summed E-state index contributed by atoms with van der Waals surface area (Å²) in [6, 6.07) is 0.688. The van der Waals surface area contributed by atoms with Crippen LogP contribution in [0.1, 0.15) is 26.7 Å². The highest BCUT2D eigenvalue weighted by molar-refractivity contribution is 4.80. The molecule has 3 nitrogen and oxygen atoms in total. The van der Waals surface area contributed by atoms with Gasteiger partial charge in [0.25, 0.3) is 0 Å². The molecule has 1 saturated heterocycles. The summed E-state index contributed by atoms with van der Waals surface area (Å²) in [5, 5.41) is 3.58. The molecule has 1 rings (SSSR count). The minimum Gasteiger partial charge on any atom is -0.379 e. The van der Waals surface area contributed by atoms with Crippen molar-refractivity contribution in [2.45, 2.75) is 38.3 Å². The molecular formula is C11H24N2O. The lowest BCUT2D eigenvalue weighted by Gasteiger charge is -2.24. The summed E-state index contributed by atoms with van der Waals surface area (Å²) in [7, 11) is 3.96. The summed E-state index contributed by atoms with van der Waals surface area (Å²) in [5.74, 6) is 0. The standard InChI is InChI=1S/C11H24N2O/c1-11(2,14-4)6-7-12-10-5-8-13(3)9-10/h10,12H,5-9H2,1-4H3. The van der Waals surface area contributed by atoms with Gasteiger partial charge >= 0.3 is 0 Å². The summed E-state index contributed by atoms with van der Waals surface area (Å²) < 4.78 is 5.37. The minimum atomic E-state index is 0.0114. The molecule has 0 aromatic carbocycles. The van der Waals surface area contributed by atoms with Crippen LogP contribution in [0.5, 0.6) is 0 Å². The Hall–Kier alpha value is -0.120. The quantitative estimate of drug-likeness (QED) is 0.719. The van der Waals surface area contributed by atoms with Gasteiger partial charge in [-0.05, 0) is 46.8 Å². The summed E-state index contributed by atoms with van der Waals surface area (Å²) >= 11 is 0. The average Bonchev–Trinajstić information content (AvgIpc) is 2.51. The Morgan fingerprint density at radius 2 is 2.21 bits per heavy atom. The molecule has 0 aliphatic carbocycles. The van der Waals surface area contributed by atoms with Gasteiger partial charge in [0.05, 0.1) is 5.60 Å². The lowest BCUT2D eigenvalue weighted by molar-refractivity contribution is 0.0154. The third-order valence-electron chi connectivity index (χ3n) is 3.10. The number of nitrogens with zero attached hydrogens (tertiary/aromatic N) is 1. The Morgan fingerprint density at radius 1 is 1.50 bits per heavy atom. The number of hydrogen-bond acceptors (Lipinski definition) is 3. The van der Waals surface area contributed by atoms with Gasteiger partial charge in [0.2, 0.25) is 0 Å². The number of ether oxygens (including phenoxy) is 1.